The van der Waals surface area contributed by atoms with Crippen molar-refractivity contribution in [3.63, 3.8) is 0 Å². The summed E-state index contributed by atoms with van der Waals surface area (Å²) in [4.78, 5) is 2.41. The van der Waals surface area contributed by atoms with Gasteiger partial charge in [-0.3, -0.25) is 0 Å². The van der Waals surface area contributed by atoms with Crippen LogP contribution in [0.1, 0.15) is 45.2 Å². The molecular weight excluding hydrogens is 276 g/mol. The summed E-state index contributed by atoms with van der Waals surface area (Å²) in [5.74, 6) is 0. The summed E-state index contributed by atoms with van der Waals surface area (Å²) in [6.45, 7) is 8.60. The Hall–Kier alpha value is -0.540. The summed E-state index contributed by atoms with van der Waals surface area (Å²) in [7, 11) is 0. The molecule has 1 aromatic rings. The third-order valence-corrected chi connectivity index (χ3v) is 3.48. The van der Waals surface area contributed by atoms with Crippen molar-refractivity contribution in [3.05, 3.63) is 28.2 Å². The molecule has 0 aliphatic carbocycles. The first-order valence-corrected chi connectivity index (χ1v) is 7.19. The van der Waals surface area contributed by atoms with E-state index in [-0.39, 0.29) is 6.04 Å². The molecule has 0 aliphatic heterocycles. The van der Waals surface area contributed by atoms with Crippen LogP contribution in [0.3, 0.4) is 0 Å². The second-order valence-corrected chi connectivity index (χ2v) is 5.34. The number of anilines is 1. The second kappa shape index (κ2) is 7.02. The van der Waals surface area contributed by atoms with Crippen molar-refractivity contribution in [2.24, 2.45) is 5.73 Å². The minimum absolute atomic E-state index is 0.0678. The van der Waals surface area contributed by atoms with E-state index in [1.165, 1.54) is 24.1 Å². The summed E-state index contributed by atoms with van der Waals surface area (Å²) < 4.78 is 1.10. The van der Waals surface area contributed by atoms with E-state index in [1.807, 2.05) is 6.92 Å². The van der Waals surface area contributed by atoms with Gasteiger partial charge in [-0.25, -0.2) is 0 Å². The monoisotopic (exact) mass is 298 g/mol. The molecule has 0 heterocycles. The molecule has 96 valence electrons. The third kappa shape index (κ3) is 4.00. The van der Waals surface area contributed by atoms with Crippen LogP contribution in [-0.4, -0.2) is 13.1 Å². The molecule has 0 saturated carbocycles. The maximum atomic E-state index is 6.06. The number of hydrogen-bond donors (Lipinski definition) is 1. The fraction of sp³-hybridized carbons (Fsp3) is 0.571. The summed E-state index contributed by atoms with van der Waals surface area (Å²) in [6, 6.07) is 6.46. The Morgan fingerprint density at radius 1 is 1.35 bits per heavy atom. The van der Waals surface area contributed by atoms with Crippen LogP contribution < -0.4 is 10.6 Å². The number of halogens is 1. The maximum Gasteiger partial charge on any atom is 0.0415 e. The Morgan fingerprint density at radius 3 is 2.59 bits per heavy atom. The number of nitrogens with zero attached hydrogens (tertiary/aromatic N) is 1. The van der Waals surface area contributed by atoms with Crippen molar-refractivity contribution in [3.8, 4) is 0 Å². The molecule has 17 heavy (non-hydrogen) atoms. The highest BCUT2D eigenvalue weighted by molar-refractivity contribution is 9.10. The number of hydrogen-bond acceptors (Lipinski definition) is 2. The molecule has 0 aromatic heterocycles. The molecule has 3 heteroatoms. The summed E-state index contributed by atoms with van der Waals surface area (Å²) in [5.41, 5.74) is 8.55. The van der Waals surface area contributed by atoms with Crippen LogP contribution in [0.25, 0.3) is 0 Å². The topological polar surface area (TPSA) is 29.3 Å². The largest absolute Gasteiger partial charge is 0.372 e. The Labute approximate surface area is 113 Å². The summed E-state index contributed by atoms with van der Waals surface area (Å²) in [6.07, 6.45) is 2.45. The first kappa shape index (κ1) is 14.5. The number of rotatable bonds is 6. The maximum absolute atomic E-state index is 6.06. The molecule has 1 aromatic carbocycles. The second-order valence-electron chi connectivity index (χ2n) is 4.43. The molecule has 2 nitrogen and oxygen atoms in total. The third-order valence-electron chi connectivity index (χ3n) is 2.98. The van der Waals surface area contributed by atoms with Crippen molar-refractivity contribution in [1.29, 1.82) is 0 Å². The van der Waals surface area contributed by atoms with Gasteiger partial charge in [0.2, 0.25) is 0 Å². The molecule has 0 radical (unpaired) electrons. The Bertz CT molecular complexity index is 350. The Morgan fingerprint density at radius 2 is 2.06 bits per heavy atom. The smallest absolute Gasteiger partial charge is 0.0415 e. The van der Waals surface area contributed by atoms with E-state index in [4.69, 9.17) is 5.73 Å². The lowest BCUT2D eigenvalue weighted by atomic mass is 10.1. The van der Waals surface area contributed by atoms with Gasteiger partial charge in [-0.2, -0.15) is 0 Å². The van der Waals surface area contributed by atoms with Gasteiger partial charge in [-0.1, -0.05) is 29.3 Å². The average Bonchev–Trinajstić information content (AvgIpc) is 2.31. The highest BCUT2D eigenvalue weighted by Crippen LogP contribution is 2.28. The average molecular weight is 299 g/mol. The molecule has 2 N–H and O–H groups in total. The van der Waals surface area contributed by atoms with E-state index < -0.39 is 0 Å². The van der Waals surface area contributed by atoms with Crippen molar-refractivity contribution in [2.75, 3.05) is 18.0 Å². The van der Waals surface area contributed by atoms with Gasteiger partial charge in [0.1, 0.15) is 0 Å². The zero-order valence-corrected chi connectivity index (χ0v) is 12.6. The van der Waals surface area contributed by atoms with Crippen LogP contribution in [0.5, 0.6) is 0 Å². The molecule has 1 atom stereocenters. The molecule has 0 aliphatic rings. The molecular formula is C14H23BrN2. The van der Waals surface area contributed by atoms with E-state index in [9.17, 15) is 0 Å². The van der Waals surface area contributed by atoms with Crippen LogP contribution in [0.2, 0.25) is 0 Å². The van der Waals surface area contributed by atoms with Gasteiger partial charge in [0.25, 0.3) is 0 Å². The van der Waals surface area contributed by atoms with Gasteiger partial charge in [-0.15, -0.1) is 0 Å². The molecule has 0 fully saturated rings. The highest BCUT2D eigenvalue weighted by Gasteiger charge is 2.12. The predicted octanol–water partition coefficient (Wildman–Crippen LogP) is 4.10. The van der Waals surface area contributed by atoms with E-state index in [0.29, 0.717) is 0 Å². The molecule has 0 bridgehead atoms. The number of nitrogens with two attached hydrogens (primary N) is 1. The lowest BCUT2D eigenvalue weighted by Crippen LogP contribution is -2.26. The van der Waals surface area contributed by atoms with Crippen LogP contribution >= 0.6 is 15.9 Å². The predicted molar refractivity (Wildman–Crippen MR) is 79.5 cm³/mol. The first-order chi connectivity index (χ1) is 8.10. The van der Waals surface area contributed by atoms with Crippen molar-refractivity contribution >= 4 is 21.6 Å². The molecule has 0 spiro atoms. The van der Waals surface area contributed by atoms with E-state index in [2.05, 4.69) is 52.9 Å². The van der Waals surface area contributed by atoms with Crippen LogP contribution in [0, 0.1) is 0 Å². The van der Waals surface area contributed by atoms with E-state index in [1.54, 1.807) is 0 Å². The summed E-state index contributed by atoms with van der Waals surface area (Å²) in [5, 5.41) is 0. The van der Waals surface area contributed by atoms with Crippen molar-refractivity contribution in [1.82, 2.24) is 0 Å². The van der Waals surface area contributed by atoms with Crippen LogP contribution in [-0.2, 0) is 0 Å². The fourth-order valence-electron chi connectivity index (χ4n) is 1.98. The fourth-order valence-corrected chi connectivity index (χ4v) is 2.35. The van der Waals surface area contributed by atoms with Gasteiger partial charge in [-0.05, 0) is 44.0 Å². The standard InChI is InChI=1S/C14H23BrN2/c1-4-6-9-17(5-2)14-8-7-12(15)10-13(14)11(3)16/h7-8,10-11H,4-6,9,16H2,1-3H3. The molecule has 0 amide bonds. The number of unbranched alkanes of at least 4 members (excludes halogenated alkanes) is 1. The van der Waals surface area contributed by atoms with Gasteiger partial charge < -0.3 is 10.6 Å². The van der Waals surface area contributed by atoms with Crippen molar-refractivity contribution < 1.29 is 0 Å². The lowest BCUT2D eigenvalue weighted by molar-refractivity contribution is 0.719. The minimum atomic E-state index is 0.0678. The van der Waals surface area contributed by atoms with Gasteiger partial charge in [0.15, 0.2) is 0 Å². The molecule has 0 saturated heterocycles. The minimum Gasteiger partial charge on any atom is -0.372 e. The van der Waals surface area contributed by atoms with Gasteiger partial charge in [0.05, 0.1) is 0 Å². The molecule has 1 unspecified atom stereocenters. The van der Waals surface area contributed by atoms with E-state index in [0.717, 1.165) is 17.6 Å². The van der Waals surface area contributed by atoms with Crippen LogP contribution in [0.4, 0.5) is 5.69 Å². The molecule has 1 rings (SSSR count). The van der Waals surface area contributed by atoms with Crippen molar-refractivity contribution in [2.45, 2.75) is 39.7 Å². The zero-order valence-electron chi connectivity index (χ0n) is 11.0. The van der Waals surface area contributed by atoms with Gasteiger partial charge in [0, 0.05) is 29.3 Å². The van der Waals surface area contributed by atoms with Gasteiger partial charge >= 0.3 is 0 Å². The lowest BCUT2D eigenvalue weighted by Gasteiger charge is -2.27. The SMILES string of the molecule is CCCCN(CC)c1ccc(Br)cc1C(C)N. The van der Waals surface area contributed by atoms with Crippen LogP contribution in [0.15, 0.2) is 22.7 Å². The quantitative estimate of drug-likeness (QED) is 0.857. The Kier molecular flexibility index (Phi) is 6.00. The normalized spacial score (nSPS) is 12.5. The zero-order chi connectivity index (χ0) is 12.8. The Balaban J connectivity index is 3.00. The summed E-state index contributed by atoms with van der Waals surface area (Å²) >= 11 is 3.51. The highest BCUT2D eigenvalue weighted by atomic mass is 79.9. The first-order valence-electron chi connectivity index (χ1n) is 6.40. The van der Waals surface area contributed by atoms with E-state index >= 15 is 0 Å². The number of benzene rings is 1.